The Bertz CT molecular complexity index is 1030. The van der Waals surface area contributed by atoms with E-state index in [9.17, 15) is 0 Å². The Morgan fingerprint density at radius 3 is 0.581 bits per heavy atom. The molecular formula is C40H71GaP2. The molecule has 2 atom stereocenters. The van der Waals surface area contributed by atoms with E-state index < -0.39 is 0 Å². The van der Waals surface area contributed by atoms with Gasteiger partial charge in [-0.15, -0.1) is 18.5 Å². The topological polar surface area (TPSA) is 0 Å². The van der Waals surface area contributed by atoms with Gasteiger partial charge in [0, 0.05) is 0 Å². The first-order chi connectivity index (χ1) is 18.5. The van der Waals surface area contributed by atoms with Gasteiger partial charge in [0.1, 0.15) is 0 Å². The summed E-state index contributed by atoms with van der Waals surface area (Å²) in [6.07, 6.45) is 0. The van der Waals surface area contributed by atoms with Crippen LogP contribution in [0.1, 0.15) is 179 Å². The van der Waals surface area contributed by atoms with Gasteiger partial charge >= 0.3 is 43.3 Å². The van der Waals surface area contributed by atoms with Crippen molar-refractivity contribution in [2.24, 2.45) is 0 Å². The number of rotatable bonds is 0. The van der Waals surface area contributed by atoms with Crippen molar-refractivity contribution in [2.75, 3.05) is 0 Å². The van der Waals surface area contributed by atoms with E-state index in [1.54, 1.807) is 18.6 Å². The average Bonchev–Trinajstić information content (AvgIpc) is 2.68. The van der Waals surface area contributed by atoms with Crippen LogP contribution in [0.2, 0.25) is 3.97 Å². The molecule has 0 fully saturated rings. The van der Waals surface area contributed by atoms with Crippen molar-refractivity contribution in [3.63, 3.8) is 0 Å². The third-order valence-corrected chi connectivity index (χ3v) is 8.57. The molecule has 0 saturated heterocycles. The molecule has 0 amide bonds. The molecule has 0 saturated carbocycles. The molecule has 0 aromatic heterocycles. The van der Waals surface area contributed by atoms with Crippen molar-refractivity contribution in [3.05, 3.63) is 57.6 Å². The number of hydrogen-bond donors (Lipinski definition) is 0. The molecule has 2 aromatic carbocycles. The van der Waals surface area contributed by atoms with Gasteiger partial charge < -0.3 is 0 Å². The molecule has 3 heteroatoms. The molecule has 43 heavy (non-hydrogen) atoms. The van der Waals surface area contributed by atoms with Gasteiger partial charge in [0.15, 0.2) is 0 Å². The predicted octanol–water partition coefficient (Wildman–Crippen LogP) is 11.5. The van der Waals surface area contributed by atoms with Crippen LogP contribution < -0.4 is 10.6 Å². The van der Waals surface area contributed by atoms with Crippen LogP contribution in [0, 0.1) is 0 Å². The summed E-state index contributed by atoms with van der Waals surface area (Å²) >= 11 is 1.79. The zero-order chi connectivity index (χ0) is 34.9. The zero-order valence-electron chi connectivity index (χ0n) is 32.5. The summed E-state index contributed by atoms with van der Waals surface area (Å²) in [5.74, 6) is 0. The van der Waals surface area contributed by atoms with Crippen LogP contribution >= 0.6 is 18.5 Å². The van der Waals surface area contributed by atoms with E-state index >= 15 is 0 Å². The first-order valence-corrected chi connectivity index (χ1v) is 18.5. The van der Waals surface area contributed by atoms with Gasteiger partial charge in [0.05, 0.1) is 0 Å². The predicted molar refractivity (Wildman–Crippen MR) is 209 cm³/mol. The van der Waals surface area contributed by atoms with E-state index in [4.69, 9.17) is 0 Å². The molecule has 2 aromatic rings. The summed E-state index contributed by atoms with van der Waals surface area (Å²) in [4.78, 5) is 0. The van der Waals surface area contributed by atoms with Crippen LogP contribution in [0.25, 0.3) is 0 Å². The van der Waals surface area contributed by atoms with Crippen LogP contribution in [0.15, 0.2) is 24.3 Å². The average molecular weight is 684 g/mol. The minimum atomic E-state index is 0.179. The van der Waals surface area contributed by atoms with Gasteiger partial charge in [-0.25, -0.2) is 0 Å². The zero-order valence-corrected chi connectivity index (χ0v) is 37.3. The standard InChI is InChI=1S/2C18H31P.C4H9.Ga/c2*1-16(2,3)12-10-13(17(4,5)6)15(19)14(11-12)18(7,8)9;1-4(2)3;/h2*10-11H,19H2,1-9H3;1-3H3;. The molecule has 2 unspecified atom stereocenters. The third kappa shape index (κ3) is 14.5. The Kier molecular flexibility index (Phi) is 14.3. The fourth-order valence-corrected chi connectivity index (χ4v) is 6.72. The van der Waals surface area contributed by atoms with E-state index in [1.807, 2.05) is 0 Å². The molecule has 0 nitrogen and oxygen atoms in total. The van der Waals surface area contributed by atoms with Gasteiger partial charge in [-0.2, -0.15) is 0 Å². The summed E-state index contributed by atoms with van der Waals surface area (Å²) < 4.78 is 0.562. The first-order valence-electron chi connectivity index (χ1n) is 16.2. The van der Waals surface area contributed by atoms with E-state index in [-0.39, 0.29) is 32.5 Å². The van der Waals surface area contributed by atoms with Crippen LogP contribution in [-0.4, -0.2) is 18.6 Å². The van der Waals surface area contributed by atoms with Gasteiger partial charge in [0.25, 0.3) is 0 Å². The SMILES string of the molecule is CC(C)(C)c1cc(C(C)(C)C)c(P)c(C(C)(C)C)c1.CC(C)(C)c1cc(C(C)(C)C)c(P)c(C(C)(C)C)c1.C[C](C)(C)[Ga]. The Labute approximate surface area is 285 Å². The van der Waals surface area contributed by atoms with Gasteiger partial charge in [-0.05, 0) is 76.5 Å². The molecule has 0 bridgehead atoms. The Hall–Kier alpha value is -0.0636. The van der Waals surface area contributed by atoms with Crippen molar-refractivity contribution < 1.29 is 0 Å². The quantitative estimate of drug-likeness (QED) is 0.192. The summed E-state index contributed by atoms with van der Waals surface area (Å²) in [7, 11) is 5.96. The molecule has 0 heterocycles. The van der Waals surface area contributed by atoms with E-state index in [2.05, 4.69) is 188 Å². The van der Waals surface area contributed by atoms with Crippen LogP contribution in [0.4, 0.5) is 0 Å². The third-order valence-electron chi connectivity index (χ3n) is 7.32. The fraction of sp³-hybridized carbons (Fsp3) is 0.700. The second-order valence-electron chi connectivity index (χ2n) is 19.8. The van der Waals surface area contributed by atoms with Crippen LogP contribution in [0.3, 0.4) is 0 Å². The van der Waals surface area contributed by atoms with E-state index in [0.29, 0.717) is 3.97 Å². The minimum absolute atomic E-state index is 0.179. The number of hydrogen-bond acceptors (Lipinski definition) is 0. The number of benzene rings is 2. The van der Waals surface area contributed by atoms with Crippen molar-refractivity contribution in [1.29, 1.82) is 0 Å². The molecule has 2 rings (SSSR count). The fourth-order valence-electron chi connectivity index (χ4n) is 4.65. The molecule has 0 aliphatic carbocycles. The molecule has 0 aliphatic rings. The van der Waals surface area contributed by atoms with Gasteiger partial charge in [0.2, 0.25) is 0 Å². The van der Waals surface area contributed by atoms with Crippen molar-refractivity contribution >= 4 is 47.7 Å². The van der Waals surface area contributed by atoms with Gasteiger partial charge in [-0.3, -0.25) is 0 Å². The molecule has 244 valence electrons. The Morgan fingerprint density at radius 2 is 0.488 bits per heavy atom. The summed E-state index contributed by atoms with van der Waals surface area (Å²) in [6, 6.07) is 9.60. The van der Waals surface area contributed by atoms with Gasteiger partial charge in [-0.1, -0.05) is 149 Å². The van der Waals surface area contributed by atoms with Crippen LogP contribution in [-0.2, 0) is 32.5 Å². The Morgan fingerprint density at radius 1 is 0.349 bits per heavy atom. The normalized spacial score (nSPS) is 13.6. The molecule has 0 N–H and O–H groups in total. The monoisotopic (exact) mass is 682 g/mol. The van der Waals surface area contributed by atoms with Crippen molar-refractivity contribution in [3.8, 4) is 0 Å². The van der Waals surface area contributed by atoms with E-state index in [1.165, 1.54) is 44.0 Å². The maximum absolute atomic E-state index is 2.98. The first kappa shape index (κ1) is 42.9. The second-order valence-corrected chi connectivity index (χ2v) is 24.6. The summed E-state index contributed by atoms with van der Waals surface area (Å²) in [5, 5.41) is 2.76. The summed E-state index contributed by atoms with van der Waals surface area (Å²) in [6.45, 7) is 48.0. The van der Waals surface area contributed by atoms with E-state index in [0.717, 1.165) is 0 Å². The van der Waals surface area contributed by atoms with Crippen LogP contribution in [0.5, 0.6) is 0 Å². The molecular weight excluding hydrogens is 612 g/mol. The second kappa shape index (κ2) is 14.4. The van der Waals surface area contributed by atoms with Crippen molar-refractivity contribution in [2.45, 2.75) is 182 Å². The summed E-state index contributed by atoms with van der Waals surface area (Å²) in [5.41, 5.74) is 9.79. The Balaban J connectivity index is 0.000000709. The molecule has 2 radical (unpaired) electrons. The van der Waals surface area contributed by atoms with Crippen molar-refractivity contribution in [1.82, 2.24) is 0 Å². The maximum atomic E-state index is 2.98. The molecule has 0 aliphatic heterocycles. The molecule has 0 spiro atoms.